The van der Waals surface area contributed by atoms with Crippen LogP contribution >= 0.6 is 0 Å². The lowest BCUT2D eigenvalue weighted by Gasteiger charge is -2.36. The third-order valence-electron chi connectivity index (χ3n) is 10.8. The number of alkyl halides is 4. The van der Waals surface area contributed by atoms with Crippen molar-refractivity contribution in [1.29, 1.82) is 0 Å². The molecule has 3 N–H and O–H groups in total. The van der Waals surface area contributed by atoms with Gasteiger partial charge < -0.3 is 30.3 Å². The average Bonchev–Trinajstić information content (AvgIpc) is 3.42. The minimum Gasteiger partial charge on any atom is -0.490 e. The number of ether oxygens (including phenoxy) is 2. The largest absolute Gasteiger partial charge is 0.490 e. The maximum absolute atomic E-state index is 14.9. The zero-order valence-corrected chi connectivity index (χ0v) is 28.9. The Labute approximate surface area is 298 Å². The lowest BCUT2D eigenvalue weighted by Crippen LogP contribution is -2.42. The zero-order chi connectivity index (χ0) is 36.7. The fourth-order valence-corrected chi connectivity index (χ4v) is 8.27. The van der Waals surface area contributed by atoms with E-state index >= 15 is 0 Å². The van der Waals surface area contributed by atoms with E-state index in [2.05, 4.69) is 30.2 Å². The predicted octanol–water partition coefficient (Wildman–Crippen LogP) is 4.89. The molecular formula is C36H42F4N8O4. The highest BCUT2D eigenvalue weighted by Gasteiger charge is 2.47. The van der Waals surface area contributed by atoms with Crippen LogP contribution in [-0.4, -0.2) is 82.9 Å². The highest BCUT2D eigenvalue weighted by Crippen LogP contribution is 2.50. The number of rotatable bonds is 8. The molecule has 2 amide bonds. The number of aromatic nitrogens is 4. The number of nitrogens with one attached hydrogen (secondary N) is 1. The minimum atomic E-state index is -4.97. The highest BCUT2D eigenvalue weighted by atomic mass is 19.4. The van der Waals surface area contributed by atoms with Crippen molar-refractivity contribution in [2.24, 2.45) is 17.6 Å². The Kier molecular flexibility index (Phi) is 9.69. The van der Waals surface area contributed by atoms with Gasteiger partial charge in [0.05, 0.1) is 5.56 Å². The Bertz CT molecular complexity index is 1780. The second kappa shape index (κ2) is 14.1. The summed E-state index contributed by atoms with van der Waals surface area (Å²) in [6.07, 6.45) is 2.42. The maximum atomic E-state index is 14.9. The molecular weight excluding hydrogens is 684 g/mol. The first-order valence-electron chi connectivity index (χ1n) is 17.7. The molecule has 3 atom stereocenters. The Morgan fingerprint density at radius 3 is 2.50 bits per heavy atom. The van der Waals surface area contributed by atoms with Gasteiger partial charge in [0, 0.05) is 87.8 Å². The average molecular weight is 727 g/mol. The monoisotopic (exact) mass is 726 g/mol. The van der Waals surface area contributed by atoms with Crippen molar-refractivity contribution < 1.29 is 36.6 Å². The first-order valence-corrected chi connectivity index (χ1v) is 17.7. The minimum absolute atomic E-state index is 0.0262. The van der Waals surface area contributed by atoms with Crippen molar-refractivity contribution in [3.8, 4) is 5.75 Å². The van der Waals surface area contributed by atoms with Gasteiger partial charge in [-0.2, -0.15) is 13.2 Å². The summed E-state index contributed by atoms with van der Waals surface area (Å²) < 4.78 is 70.6. The summed E-state index contributed by atoms with van der Waals surface area (Å²) >= 11 is 0. The van der Waals surface area contributed by atoms with E-state index in [9.17, 15) is 27.2 Å². The number of piperidine rings is 1. The summed E-state index contributed by atoms with van der Waals surface area (Å²) in [5.41, 5.74) is 2.80. The molecule has 278 valence electrons. The van der Waals surface area contributed by atoms with Crippen LogP contribution in [0.25, 0.3) is 0 Å². The number of carbonyl (C=O) groups excluding carboxylic acids is 2. The van der Waals surface area contributed by atoms with Gasteiger partial charge in [0.15, 0.2) is 5.69 Å². The molecule has 1 saturated carbocycles. The Hall–Kier alpha value is -4.60. The van der Waals surface area contributed by atoms with Gasteiger partial charge in [-0.15, -0.1) is 0 Å². The van der Waals surface area contributed by atoms with Gasteiger partial charge in [0.25, 0.3) is 5.91 Å². The second-order valence-electron chi connectivity index (χ2n) is 14.7. The van der Waals surface area contributed by atoms with Crippen molar-refractivity contribution in [1.82, 2.24) is 25.3 Å². The van der Waals surface area contributed by atoms with Gasteiger partial charge in [-0.1, -0.05) is 0 Å². The number of carbonyl (C=O) groups is 2. The number of hydrogen-bond acceptors (Lipinski definition) is 10. The van der Waals surface area contributed by atoms with Crippen molar-refractivity contribution in [2.75, 3.05) is 49.2 Å². The number of benzene rings is 1. The molecule has 4 aliphatic rings. The number of anilines is 3. The van der Waals surface area contributed by atoms with E-state index < -0.39 is 52.2 Å². The van der Waals surface area contributed by atoms with Gasteiger partial charge in [0.1, 0.15) is 17.5 Å². The van der Waals surface area contributed by atoms with Crippen LogP contribution in [-0.2, 0) is 21.1 Å². The first kappa shape index (κ1) is 35.8. The number of amides is 2. The third kappa shape index (κ3) is 7.48. The van der Waals surface area contributed by atoms with Crippen LogP contribution in [0.4, 0.5) is 35.1 Å². The van der Waals surface area contributed by atoms with Crippen LogP contribution in [0.3, 0.4) is 0 Å². The molecule has 5 heterocycles. The lowest BCUT2D eigenvalue weighted by atomic mass is 9.74. The molecule has 3 aromatic rings. The number of fused-ring (bicyclic) bond motifs is 2. The summed E-state index contributed by atoms with van der Waals surface area (Å²) in [4.78, 5) is 45.7. The van der Waals surface area contributed by atoms with Crippen LogP contribution in [0.15, 0.2) is 42.9 Å². The van der Waals surface area contributed by atoms with Crippen molar-refractivity contribution in [2.45, 2.75) is 75.2 Å². The molecule has 1 aliphatic carbocycles. The molecule has 0 radical (unpaired) electrons. The highest BCUT2D eigenvalue weighted by molar-refractivity contribution is 5.95. The molecule has 7 rings (SSSR count). The Morgan fingerprint density at radius 1 is 1.08 bits per heavy atom. The van der Waals surface area contributed by atoms with E-state index in [0.717, 1.165) is 37.7 Å². The summed E-state index contributed by atoms with van der Waals surface area (Å²) in [7, 11) is 0. The molecule has 3 aliphatic heterocycles. The van der Waals surface area contributed by atoms with Gasteiger partial charge >= 0.3 is 6.18 Å². The van der Waals surface area contributed by atoms with Gasteiger partial charge in [-0.05, 0) is 74.8 Å². The molecule has 0 bridgehead atoms. The van der Waals surface area contributed by atoms with Crippen LogP contribution < -0.4 is 25.6 Å². The number of nitrogens with two attached hydrogens (primary N) is 1. The summed E-state index contributed by atoms with van der Waals surface area (Å²) in [6.45, 7) is 4.04. The van der Waals surface area contributed by atoms with Crippen LogP contribution in [0.1, 0.15) is 73.5 Å². The smallest absolute Gasteiger partial charge is 0.434 e. The van der Waals surface area contributed by atoms with E-state index in [-0.39, 0.29) is 37.9 Å². The fraction of sp³-hybridized carbons (Fsp3) is 0.556. The Morgan fingerprint density at radius 2 is 1.81 bits per heavy atom. The molecule has 52 heavy (non-hydrogen) atoms. The van der Waals surface area contributed by atoms with Crippen LogP contribution in [0.5, 0.6) is 5.75 Å². The Balaban J connectivity index is 1.10. The van der Waals surface area contributed by atoms with Crippen molar-refractivity contribution >= 4 is 29.4 Å². The quantitative estimate of drug-likeness (QED) is 0.308. The van der Waals surface area contributed by atoms with Crippen LogP contribution in [0, 0.1) is 11.8 Å². The topological polar surface area (TPSA) is 149 Å². The number of nitrogens with zero attached hydrogens (tertiary/aromatic N) is 6. The molecule has 1 spiro atoms. The number of halogens is 4. The standard InChI is InChI=1S/C36H42F4N8O4/c1-34(37)17-22(15-23(18-34)30(41)49)19-44-31(50)26-20-45-33(46-29(26)36(38,39)40)48-21-35(7-13-51-14-8-35)27-16-25(3-4-28(27)48)52-24-5-11-47(12-6-24)32-42-9-2-10-43-32/h2-4,9-10,16,20,22-24H,5-8,11-15,17-19,21H2,1H3,(H2,41,49)(H,44,50)/t22?,23-,34-/m0/s1. The molecule has 1 aromatic carbocycles. The SMILES string of the molecule is C[C@]1(F)CC(CNC(=O)c2cnc(N3CC4(CCOCC4)c4cc(OC5CCN(c6ncccn6)CC5)ccc43)nc2C(F)(F)F)C[C@H](C(N)=O)C1. The number of primary amides is 1. The maximum Gasteiger partial charge on any atom is 0.434 e. The van der Waals surface area contributed by atoms with Gasteiger partial charge in [-0.25, -0.2) is 24.3 Å². The number of hydrogen-bond donors (Lipinski definition) is 2. The van der Waals surface area contributed by atoms with E-state index in [1.165, 1.54) is 6.92 Å². The predicted molar refractivity (Wildman–Crippen MR) is 182 cm³/mol. The first-order chi connectivity index (χ1) is 24.8. The van der Waals surface area contributed by atoms with Crippen LogP contribution in [0.2, 0.25) is 0 Å². The fourth-order valence-electron chi connectivity index (χ4n) is 8.27. The molecule has 16 heteroatoms. The molecule has 1 unspecified atom stereocenters. The molecule has 2 saturated heterocycles. The van der Waals surface area contributed by atoms with Gasteiger partial charge in [-0.3, -0.25) is 9.59 Å². The van der Waals surface area contributed by atoms with E-state index in [1.807, 2.05) is 18.2 Å². The van der Waals surface area contributed by atoms with E-state index in [4.69, 9.17) is 15.2 Å². The van der Waals surface area contributed by atoms with Crippen molar-refractivity contribution in [3.05, 3.63) is 59.7 Å². The summed E-state index contributed by atoms with van der Waals surface area (Å²) in [6, 6.07) is 7.42. The molecule has 12 nitrogen and oxygen atoms in total. The molecule has 2 aromatic heterocycles. The summed E-state index contributed by atoms with van der Waals surface area (Å²) in [5.74, 6) is -1.70. The summed E-state index contributed by atoms with van der Waals surface area (Å²) in [5, 5.41) is 2.49. The molecule has 3 fully saturated rings. The third-order valence-corrected chi connectivity index (χ3v) is 10.8. The zero-order valence-electron chi connectivity index (χ0n) is 28.9. The van der Waals surface area contributed by atoms with E-state index in [0.29, 0.717) is 50.0 Å². The second-order valence-corrected chi connectivity index (χ2v) is 14.7. The van der Waals surface area contributed by atoms with E-state index in [1.54, 1.807) is 23.4 Å². The van der Waals surface area contributed by atoms with Crippen molar-refractivity contribution in [3.63, 3.8) is 0 Å². The van der Waals surface area contributed by atoms with Gasteiger partial charge in [0.2, 0.25) is 17.8 Å². The normalized spacial score (nSPS) is 24.8. The lowest BCUT2D eigenvalue weighted by molar-refractivity contribution is -0.141.